The number of fused-ring (bicyclic) bond motifs is 4. The Morgan fingerprint density at radius 2 is 1.20 bits per heavy atom. The number of rotatable bonds is 6. The predicted molar refractivity (Wildman–Crippen MR) is 234 cm³/mol. The summed E-state index contributed by atoms with van der Waals surface area (Å²) in [6.07, 6.45) is 22.0. The Labute approximate surface area is 354 Å². The van der Waals surface area contributed by atoms with Crippen LogP contribution in [0.4, 0.5) is 27.8 Å². The van der Waals surface area contributed by atoms with Gasteiger partial charge in [0.05, 0.1) is 35.2 Å². The number of anilines is 4. The number of likely N-dealkylation sites (tertiary alicyclic amines) is 1. The third-order valence-corrected chi connectivity index (χ3v) is 12.3. The van der Waals surface area contributed by atoms with Gasteiger partial charge in [0.25, 0.3) is 0 Å². The number of carbonyl (C=O) groups excluding carboxylic acids is 1. The molecule has 3 aliphatic carbocycles. The van der Waals surface area contributed by atoms with E-state index in [-0.39, 0.29) is 12.0 Å². The molecule has 2 aromatic carbocycles. The molecule has 0 spiro atoms. The fraction of sp³-hybridized carbons (Fsp3) is 0.413. The number of piperidine rings is 1. The average Bonchev–Trinajstić information content (AvgIpc) is 4.07. The molecule has 1 aliphatic heterocycles. The molecule has 1 amide bonds. The van der Waals surface area contributed by atoms with Gasteiger partial charge >= 0.3 is 6.09 Å². The fourth-order valence-corrected chi connectivity index (χ4v) is 9.28. The highest BCUT2D eigenvalue weighted by atomic mass is 16.6. The Hall–Kier alpha value is -6.51. The molecule has 0 radical (unpaired) electrons. The summed E-state index contributed by atoms with van der Waals surface area (Å²) >= 11 is 0. The molecule has 5 heterocycles. The van der Waals surface area contributed by atoms with Crippen molar-refractivity contribution in [3.05, 3.63) is 107 Å². The van der Waals surface area contributed by atoms with Crippen molar-refractivity contribution in [1.29, 1.82) is 0 Å². The van der Waals surface area contributed by atoms with Gasteiger partial charge in [-0.05, 0) is 108 Å². The summed E-state index contributed by atoms with van der Waals surface area (Å²) in [4.78, 5) is 32.6. The minimum atomic E-state index is -0.501. The molecule has 6 aromatic rings. The molecule has 61 heavy (non-hydrogen) atoms. The van der Waals surface area contributed by atoms with Crippen molar-refractivity contribution < 1.29 is 19.9 Å². The van der Waals surface area contributed by atoms with E-state index in [1.165, 1.54) is 43.2 Å². The fourth-order valence-electron chi connectivity index (χ4n) is 9.28. The van der Waals surface area contributed by atoms with Crippen molar-refractivity contribution in [3.8, 4) is 0 Å². The van der Waals surface area contributed by atoms with Crippen molar-refractivity contribution in [2.45, 2.75) is 109 Å². The number of imidazole rings is 2. The second-order valence-corrected chi connectivity index (χ2v) is 17.5. The maximum absolute atomic E-state index is 12.5. The first-order chi connectivity index (χ1) is 29.7. The first kappa shape index (κ1) is 39.9. The molecule has 1 saturated carbocycles. The molecule has 0 bridgehead atoms. The Morgan fingerprint density at radius 1 is 0.705 bits per heavy atom. The molecule has 0 unspecified atom stereocenters. The smallest absolute Gasteiger partial charge is 0.410 e. The van der Waals surface area contributed by atoms with Crippen LogP contribution in [0.2, 0.25) is 0 Å². The van der Waals surface area contributed by atoms with Crippen LogP contribution in [0.15, 0.2) is 83.9 Å². The SMILES string of the molecule is CC(C)(C)OC(=O)N1CCC(c2nc3cnccn3c2Nc2ccc3c(c2)CC/C3=N\O)CC1.O/N=C1\CCc2cc(Nc3c(C4CCCCC4)nc4cnccn34)ccc21. The zero-order valence-corrected chi connectivity index (χ0v) is 35.0. The Bertz CT molecular complexity index is 2630. The van der Waals surface area contributed by atoms with Gasteiger partial charge in [-0.2, -0.15) is 0 Å². The number of hydrogen-bond donors (Lipinski definition) is 4. The molecule has 10 rings (SSSR count). The van der Waals surface area contributed by atoms with E-state index in [0.717, 1.165) is 107 Å². The molecular weight excluding hydrogens is 771 g/mol. The van der Waals surface area contributed by atoms with Crippen LogP contribution >= 0.6 is 0 Å². The summed E-state index contributed by atoms with van der Waals surface area (Å²) in [6, 6.07) is 12.4. The quantitative estimate of drug-likeness (QED) is 0.0934. The number of amides is 1. The number of nitrogens with one attached hydrogen (secondary N) is 2. The van der Waals surface area contributed by atoms with Crippen LogP contribution in [0.1, 0.15) is 124 Å². The zero-order valence-electron chi connectivity index (χ0n) is 35.0. The van der Waals surface area contributed by atoms with E-state index in [4.69, 9.17) is 19.9 Å². The molecule has 4 aromatic heterocycles. The molecule has 15 nitrogen and oxygen atoms in total. The summed E-state index contributed by atoms with van der Waals surface area (Å²) in [5.41, 5.74) is 11.3. The van der Waals surface area contributed by atoms with Crippen LogP contribution in [0, 0.1) is 0 Å². The maximum Gasteiger partial charge on any atom is 0.410 e. The molecule has 316 valence electrons. The average molecular weight is 824 g/mol. The standard InChI is InChI=1S/C25H30N6O3.C21H23N5O/c1-25(2,3)34-24(32)30-11-8-16(9-12-30)22-23(31-13-10-26-15-21(31)28-22)27-18-5-6-19-17(14-18)4-7-20(19)29-33;27-25-18-9-6-15-12-16(7-8-17(15)18)23-21-20(14-4-2-1-3-5-14)24-19-13-22-10-11-26(19)21/h5-6,10,13-16,27,33H,4,7-9,11-12H2,1-3H3;7-8,10-14,23,27H,1-6,9H2/b29-20+;25-18+. The lowest BCUT2D eigenvalue weighted by molar-refractivity contribution is 0.0204. The molecule has 4 aliphatic rings. The van der Waals surface area contributed by atoms with E-state index < -0.39 is 5.60 Å². The van der Waals surface area contributed by atoms with E-state index in [2.05, 4.69) is 53.5 Å². The van der Waals surface area contributed by atoms with Crippen LogP contribution in [0.25, 0.3) is 11.3 Å². The van der Waals surface area contributed by atoms with Crippen molar-refractivity contribution in [3.63, 3.8) is 0 Å². The van der Waals surface area contributed by atoms with Crippen LogP contribution in [-0.2, 0) is 17.6 Å². The molecule has 1 saturated heterocycles. The Kier molecular flexibility index (Phi) is 11.0. The lowest BCUT2D eigenvalue weighted by atomic mass is 9.87. The van der Waals surface area contributed by atoms with Gasteiger partial charge < -0.3 is 30.7 Å². The number of carbonyl (C=O) groups is 1. The van der Waals surface area contributed by atoms with Gasteiger partial charge in [0.2, 0.25) is 0 Å². The zero-order chi connectivity index (χ0) is 42.1. The number of nitrogens with zero attached hydrogens (tertiary/aromatic N) is 9. The second-order valence-electron chi connectivity index (χ2n) is 17.5. The number of aromatic nitrogens is 6. The predicted octanol–water partition coefficient (Wildman–Crippen LogP) is 9.36. The van der Waals surface area contributed by atoms with Gasteiger partial charge in [-0.1, -0.05) is 41.7 Å². The first-order valence-corrected chi connectivity index (χ1v) is 21.5. The van der Waals surface area contributed by atoms with Crippen LogP contribution in [0.5, 0.6) is 0 Å². The second kappa shape index (κ2) is 16.9. The lowest BCUT2D eigenvalue weighted by Gasteiger charge is -2.33. The Morgan fingerprint density at radius 3 is 1.67 bits per heavy atom. The molecule has 4 N–H and O–H groups in total. The highest BCUT2D eigenvalue weighted by Gasteiger charge is 2.31. The third-order valence-electron chi connectivity index (χ3n) is 12.3. The number of benzene rings is 2. The summed E-state index contributed by atoms with van der Waals surface area (Å²) in [7, 11) is 0. The minimum Gasteiger partial charge on any atom is -0.444 e. The monoisotopic (exact) mass is 823 g/mol. The highest BCUT2D eigenvalue weighted by Crippen LogP contribution is 2.39. The number of aryl methyl sites for hydroxylation is 2. The largest absolute Gasteiger partial charge is 0.444 e. The van der Waals surface area contributed by atoms with Crippen LogP contribution in [0.3, 0.4) is 0 Å². The van der Waals surface area contributed by atoms with Crippen molar-refractivity contribution in [2.75, 3.05) is 23.7 Å². The van der Waals surface area contributed by atoms with Gasteiger partial charge in [0.15, 0.2) is 11.3 Å². The highest BCUT2D eigenvalue weighted by molar-refractivity contribution is 6.05. The molecule has 0 atom stereocenters. The normalized spacial score (nSPS) is 18.3. The van der Waals surface area contributed by atoms with Gasteiger partial charge in [-0.25, -0.2) is 14.8 Å². The van der Waals surface area contributed by atoms with Crippen LogP contribution in [-0.4, -0.2) is 80.3 Å². The van der Waals surface area contributed by atoms with E-state index >= 15 is 0 Å². The minimum absolute atomic E-state index is 0.212. The number of hydrogen-bond acceptors (Lipinski definition) is 12. The summed E-state index contributed by atoms with van der Waals surface area (Å²) < 4.78 is 9.67. The summed E-state index contributed by atoms with van der Waals surface area (Å²) in [5.74, 6) is 2.68. The number of oxime groups is 2. The maximum atomic E-state index is 12.5. The molecular formula is C46H53N11O4. The van der Waals surface area contributed by atoms with Gasteiger partial charge in [-0.3, -0.25) is 18.8 Å². The van der Waals surface area contributed by atoms with Crippen molar-refractivity contribution in [1.82, 2.24) is 33.6 Å². The first-order valence-electron chi connectivity index (χ1n) is 21.5. The third kappa shape index (κ3) is 8.33. The van der Waals surface area contributed by atoms with Gasteiger partial charge in [0.1, 0.15) is 17.2 Å². The van der Waals surface area contributed by atoms with E-state index in [9.17, 15) is 10.0 Å². The molecule has 15 heteroatoms. The van der Waals surface area contributed by atoms with Crippen LogP contribution < -0.4 is 10.6 Å². The Balaban J connectivity index is 0.000000160. The van der Waals surface area contributed by atoms with Crippen molar-refractivity contribution >= 4 is 51.8 Å². The van der Waals surface area contributed by atoms with E-state index in [1.807, 2.05) is 62.0 Å². The van der Waals surface area contributed by atoms with Gasteiger partial charge in [0, 0.05) is 72.2 Å². The summed E-state index contributed by atoms with van der Waals surface area (Å²) in [6.45, 7) is 6.92. The lowest BCUT2D eigenvalue weighted by Crippen LogP contribution is -2.41. The van der Waals surface area contributed by atoms with Gasteiger partial charge in [-0.15, -0.1) is 0 Å². The van der Waals surface area contributed by atoms with E-state index in [1.54, 1.807) is 23.5 Å². The van der Waals surface area contributed by atoms with Crippen molar-refractivity contribution in [2.24, 2.45) is 10.3 Å². The van der Waals surface area contributed by atoms with E-state index in [0.29, 0.717) is 19.0 Å². The number of ether oxygens (including phenoxy) is 1. The summed E-state index contributed by atoms with van der Waals surface area (Å²) in [5, 5.41) is 32.4. The topological polar surface area (TPSA) is 179 Å². The molecule has 2 fully saturated rings.